The van der Waals surface area contributed by atoms with E-state index in [-0.39, 0.29) is 5.60 Å². The van der Waals surface area contributed by atoms with E-state index in [2.05, 4.69) is 17.1 Å². The van der Waals surface area contributed by atoms with E-state index in [9.17, 15) is 9.59 Å². The summed E-state index contributed by atoms with van der Waals surface area (Å²) in [6, 6.07) is 0. The Bertz CT molecular complexity index is 422. The first-order valence-corrected chi connectivity index (χ1v) is 6.53. The monoisotopic (exact) mass is 300 g/mol. The summed E-state index contributed by atoms with van der Waals surface area (Å²) in [4.78, 5) is 21.4. The lowest BCUT2D eigenvalue weighted by molar-refractivity contribution is -0.134. The molecule has 0 atom stereocenters. The average molecular weight is 300 g/mol. The Morgan fingerprint density at radius 3 is 2.14 bits per heavy atom. The van der Waals surface area contributed by atoms with Gasteiger partial charge in [-0.3, -0.25) is 0 Å². The summed E-state index contributed by atoms with van der Waals surface area (Å²) in [5.74, 6) is -2.51. The van der Waals surface area contributed by atoms with E-state index in [4.69, 9.17) is 20.2 Å². The number of hydrogen-bond donors (Lipinski definition) is 3. The molecule has 2 saturated heterocycles. The number of nitrogens with zero attached hydrogens (tertiary/aromatic N) is 2. The minimum absolute atomic E-state index is 0.00588. The van der Waals surface area contributed by atoms with Gasteiger partial charge in [0.05, 0.1) is 17.9 Å². The van der Waals surface area contributed by atoms with Crippen molar-refractivity contribution in [3.63, 3.8) is 0 Å². The number of likely N-dealkylation sites (tertiary alicyclic amines) is 1. The molecular formula is C13H20N2O6. The zero-order chi connectivity index (χ0) is 15.9. The van der Waals surface area contributed by atoms with Gasteiger partial charge in [0.25, 0.3) is 0 Å². The SMILES string of the molecule is CN1CCC2(CC1)CC(=NO)CO2.O=C(O)C=CC(=O)O. The average Bonchev–Trinajstić information content (AvgIpc) is 2.84. The summed E-state index contributed by atoms with van der Waals surface area (Å²) < 4.78 is 5.72. The quantitative estimate of drug-likeness (QED) is 0.384. The Kier molecular flexibility index (Phi) is 6.32. The van der Waals surface area contributed by atoms with Gasteiger partial charge >= 0.3 is 11.9 Å². The molecule has 0 aromatic heterocycles. The second kappa shape index (κ2) is 7.75. The van der Waals surface area contributed by atoms with Crippen LogP contribution in [0.3, 0.4) is 0 Å². The third-order valence-corrected chi connectivity index (χ3v) is 3.48. The van der Waals surface area contributed by atoms with Crippen LogP contribution in [-0.2, 0) is 14.3 Å². The van der Waals surface area contributed by atoms with Crippen LogP contribution in [0.4, 0.5) is 0 Å². The van der Waals surface area contributed by atoms with Crippen LogP contribution < -0.4 is 0 Å². The van der Waals surface area contributed by atoms with E-state index in [1.165, 1.54) is 0 Å². The van der Waals surface area contributed by atoms with E-state index in [1.807, 2.05) is 0 Å². The number of piperidine rings is 1. The topological polar surface area (TPSA) is 120 Å². The van der Waals surface area contributed by atoms with E-state index >= 15 is 0 Å². The lowest BCUT2D eigenvalue weighted by Gasteiger charge is -2.36. The van der Waals surface area contributed by atoms with E-state index in [0.717, 1.165) is 38.1 Å². The molecule has 2 rings (SSSR count). The largest absolute Gasteiger partial charge is 0.478 e. The highest BCUT2D eigenvalue weighted by Crippen LogP contribution is 2.34. The summed E-state index contributed by atoms with van der Waals surface area (Å²) >= 11 is 0. The van der Waals surface area contributed by atoms with Crippen LogP contribution in [0.5, 0.6) is 0 Å². The Morgan fingerprint density at radius 1 is 1.24 bits per heavy atom. The molecule has 0 radical (unpaired) electrons. The van der Waals surface area contributed by atoms with Crippen LogP contribution in [0.15, 0.2) is 17.3 Å². The highest BCUT2D eigenvalue weighted by Gasteiger charge is 2.40. The van der Waals surface area contributed by atoms with Gasteiger partial charge in [0.2, 0.25) is 0 Å². The zero-order valence-electron chi connectivity index (χ0n) is 11.9. The summed E-state index contributed by atoms with van der Waals surface area (Å²) in [7, 11) is 2.13. The maximum Gasteiger partial charge on any atom is 0.328 e. The molecule has 8 heteroatoms. The number of carboxylic acids is 2. The van der Waals surface area contributed by atoms with Gasteiger partial charge in [-0.2, -0.15) is 0 Å². The molecule has 3 N–H and O–H groups in total. The molecule has 2 fully saturated rings. The second-order valence-corrected chi connectivity index (χ2v) is 5.13. The molecule has 0 amide bonds. The van der Waals surface area contributed by atoms with Gasteiger partial charge in [-0.15, -0.1) is 0 Å². The van der Waals surface area contributed by atoms with Gasteiger partial charge in [0.1, 0.15) is 0 Å². The molecule has 0 aromatic rings. The maximum atomic E-state index is 9.55. The molecule has 0 unspecified atom stereocenters. The molecule has 2 aliphatic rings. The first kappa shape index (κ1) is 17.1. The number of hydrogen-bond acceptors (Lipinski definition) is 6. The molecule has 0 bridgehead atoms. The van der Waals surface area contributed by atoms with Crippen molar-refractivity contribution in [1.82, 2.24) is 4.90 Å². The number of rotatable bonds is 2. The minimum atomic E-state index is -1.26. The van der Waals surface area contributed by atoms with Crippen molar-refractivity contribution in [3.05, 3.63) is 12.2 Å². The lowest BCUT2D eigenvalue weighted by Crippen LogP contribution is -2.42. The van der Waals surface area contributed by atoms with Crippen molar-refractivity contribution < 1.29 is 29.7 Å². The van der Waals surface area contributed by atoms with Gasteiger partial charge in [0, 0.05) is 31.7 Å². The van der Waals surface area contributed by atoms with Crippen LogP contribution >= 0.6 is 0 Å². The number of carboxylic acid groups (broad SMARTS) is 2. The van der Waals surface area contributed by atoms with Gasteiger partial charge in [-0.1, -0.05) is 5.16 Å². The highest BCUT2D eigenvalue weighted by atomic mass is 16.5. The summed E-state index contributed by atoms with van der Waals surface area (Å²) in [5.41, 5.74) is 0.790. The first-order chi connectivity index (χ1) is 9.87. The van der Waals surface area contributed by atoms with Crippen molar-refractivity contribution >= 4 is 17.7 Å². The van der Waals surface area contributed by atoms with Crippen LogP contribution in [0.25, 0.3) is 0 Å². The van der Waals surface area contributed by atoms with Crippen LogP contribution in [0, 0.1) is 0 Å². The Hall–Kier alpha value is -1.93. The summed E-state index contributed by atoms with van der Waals surface area (Å²) in [5, 5.41) is 27.5. The van der Waals surface area contributed by atoms with Gasteiger partial charge in [0.15, 0.2) is 0 Å². The van der Waals surface area contributed by atoms with E-state index in [1.54, 1.807) is 0 Å². The maximum absolute atomic E-state index is 9.55. The number of oxime groups is 1. The summed E-state index contributed by atoms with van der Waals surface area (Å²) in [6.45, 7) is 2.68. The fraction of sp³-hybridized carbons (Fsp3) is 0.615. The first-order valence-electron chi connectivity index (χ1n) is 6.53. The minimum Gasteiger partial charge on any atom is -0.478 e. The van der Waals surface area contributed by atoms with Gasteiger partial charge in [-0.25, -0.2) is 9.59 Å². The molecule has 0 aliphatic carbocycles. The molecule has 0 saturated carbocycles. The smallest absolute Gasteiger partial charge is 0.328 e. The van der Waals surface area contributed by atoms with Crippen molar-refractivity contribution in [2.45, 2.75) is 24.9 Å². The van der Waals surface area contributed by atoms with Crippen LogP contribution in [0.2, 0.25) is 0 Å². The molecule has 118 valence electrons. The fourth-order valence-corrected chi connectivity index (χ4v) is 2.26. The summed E-state index contributed by atoms with van der Waals surface area (Å²) in [6.07, 6.45) is 4.05. The predicted octanol–water partition coefficient (Wildman–Crippen LogP) is 0.413. The molecule has 8 nitrogen and oxygen atoms in total. The van der Waals surface area contributed by atoms with Crippen molar-refractivity contribution in [2.75, 3.05) is 26.7 Å². The third kappa shape index (κ3) is 5.92. The predicted molar refractivity (Wildman–Crippen MR) is 73.7 cm³/mol. The van der Waals surface area contributed by atoms with Crippen molar-refractivity contribution in [3.8, 4) is 0 Å². The lowest BCUT2D eigenvalue weighted by atomic mass is 9.88. The molecular weight excluding hydrogens is 280 g/mol. The highest BCUT2D eigenvalue weighted by molar-refractivity contribution is 5.89. The van der Waals surface area contributed by atoms with Crippen molar-refractivity contribution in [1.29, 1.82) is 0 Å². The zero-order valence-corrected chi connectivity index (χ0v) is 11.9. The standard InChI is InChI=1S/C9H16N2O2.C4H4O4/c1-11-4-2-9(3-5-11)6-8(10-12)7-13-9;5-3(6)1-2-4(7)8/h12H,2-7H2,1H3;1-2H,(H,5,6)(H,7,8). The normalized spacial score (nSPS) is 23.2. The van der Waals surface area contributed by atoms with E-state index in [0.29, 0.717) is 18.8 Å². The number of ether oxygens (including phenoxy) is 1. The number of carbonyl (C=O) groups is 2. The number of aliphatic carboxylic acids is 2. The molecule has 0 aromatic carbocycles. The molecule has 2 aliphatic heterocycles. The van der Waals surface area contributed by atoms with Crippen molar-refractivity contribution in [2.24, 2.45) is 5.16 Å². The second-order valence-electron chi connectivity index (χ2n) is 5.13. The van der Waals surface area contributed by atoms with Gasteiger partial charge in [-0.05, 0) is 19.9 Å². The van der Waals surface area contributed by atoms with Crippen LogP contribution in [-0.4, -0.2) is 70.3 Å². The third-order valence-electron chi connectivity index (χ3n) is 3.48. The van der Waals surface area contributed by atoms with Gasteiger partial charge < -0.3 is 25.1 Å². The molecule has 1 spiro atoms. The Labute approximate surface area is 122 Å². The van der Waals surface area contributed by atoms with E-state index < -0.39 is 11.9 Å². The van der Waals surface area contributed by atoms with Crippen LogP contribution in [0.1, 0.15) is 19.3 Å². The molecule has 2 heterocycles. The molecule has 21 heavy (non-hydrogen) atoms. The fourth-order valence-electron chi connectivity index (χ4n) is 2.26. The Morgan fingerprint density at radius 2 is 1.76 bits per heavy atom. The Balaban J connectivity index is 0.000000240.